The Morgan fingerprint density at radius 3 is 2.47 bits per heavy atom. The molecular weight excluding hydrogens is 463 g/mol. The number of rotatable bonds is 11. The number of unbranched alkanes of at least 4 members (excludes halogenated alkanes) is 2. The van der Waals surface area contributed by atoms with Crippen LogP contribution in [0.2, 0.25) is 9.36 Å². The lowest BCUT2D eigenvalue weighted by Gasteiger charge is -2.25. The average molecular weight is 491 g/mol. The van der Waals surface area contributed by atoms with Gasteiger partial charge in [-0.2, -0.15) is 0 Å². The standard InChI is InChI=1S/C25H28Cl2N2O2S/c1-3-4-5-14-29(17-21-11-13-24(27)32-21)19-8-12-23(22(26)16-19)28-25(30)15-18-6-9-20(31-2)10-7-18/h6-13,16H,3-5,14-15,17H2,1-2H3,(H,28,30). The molecule has 1 aromatic heterocycles. The molecule has 32 heavy (non-hydrogen) atoms. The summed E-state index contributed by atoms with van der Waals surface area (Å²) in [4.78, 5) is 16.0. The third-order valence-corrected chi connectivity index (χ3v) is 6.65. The predicted octanol–water partition coefficient (Wildman–Crippen LogP) is 7.44. The third-order valence-electron chi connectivity index (χ3n) is 5.12. The monoisotopic (exact) mass is 490 g/mol. The lowest BCUT2D eigenvalue weighted by molar-refractivity contribution is -0.115. The molecular formula is C25H28Cl2N2O2S. The van der Waals surface area contributed by atoms with E-state index in [0.717, 1.165) is 40.8 Å². The number of hydrogen-bond acceptors (Lipinski definition) is 4. The molecule has 0 fully saturated rings. The summed E-state index contributed by atoms with van der Waals surface area (Å²) in [5.41, 5.74) is 2.55. The van der Waals surface area contributed by atoms with Gasteiger partial charge in [0.1, 0.15) is 5.75 Å². The van der Waals surface area contributed by atoms with Crippen LogP contribution in [0.15, 0.2) is 54.6 Å². The molecule has 7 heteroatoms. The number of methoxy groups -OCH3 is 1. The van der Waals surface area contributed by atoms with E-state index in [9.17, 15) is 4.79 Å². The second-order valence-corrected chi connectivity index (χ2v) is 9.78. The molecule has 0 atom stereocenters. The molecule has 2 aromatic carbocycles. The normalized spacial score (nSPS) is 10.8. The van der Waals surface area contributed by atoms with Crippen LogP contribution in [0.4, 0.5) is 11.4 Å². The smallest absolute Gasteiger partial charge is 0.228 e. The van der Waals surface area contributed by atoms with Gasteiger partial charge in [0.25, 0.3) is 0 Å². The molecule has 4 nitrogen and oxygen atoms in total. The van der Waals surface area contributed by atoms with Crippen molar-refractivity contribution in [3.05, 3.63) is 74.4 Å². The van der Waals surface area contributed by atoms with Crippen LogP contribution >= 0.6 is 34.5 Å². The molecule has 0 aliphatic heterocycles. The second-order valence-electron chi connectivity index (χ2n) is 7.57. The van der Waals surface area contributed by atoms with Crippen LogP contribution in [0.25, 0.3) is 0 Å². The number of benzene rings is 2. The van der Waals surface area contributed by atoms with E-state index in [1.165, 1.54) is 17.7 Å². The van der Waals surface area contributed by atoms with Gasteiger partial charge in [0.15, 0.2) is 0 Å². The number of carbonyl (C=O) groups excluding carboxylic acids is 1. The summed E-state index contributed by atoms with van der Waals surface area (Å²) in [7, 11) is 1.62. The highest BCUT2D eigenvalue weighted by Crippen LogP contribution is 2.30. The maximum Gasteiger partial charge on any atom is 0.228 e. The minimum atomic E-state index is -0.113. The summed E-state index contributed by atoms with van der Waals surface area (Å²) < 4.78 is 5.95. The van der Waals surface area contributed by atoms with Crippen molar-refractivity contribution in [2.24, 2.45) is 0 Å². The van der Waals surface area contributed by atoms with Crippen molar-refractivity contribution >= 4 is 51.8 Å². The number of anilines is 2. The van der Waals surface area contributed by atoms with Gasteiger partial charge in [-0.1, -0.05) is 55.1 Å². The number of nitrogens with one attached hydrogen (secondary N) is 1. The van der Waals surface area contributed by atoms with Crippen LogP contribution in [0.5, 0.6) is 5.75 Å². The third kappa shape index (κ3) is 7.16. The van der Waals surface area contributed by atoms with Gasteiger partial charge < -0.3 is 15.0 Å². The van der Waals surface area contributed by atoms with Crippen LogP contribution < -0.4 is 15.0 Å². The zero-order chi connectivity index (χ0) is 22.9. The molecule has 3 aromatic rings. The van der Waals surface area contributed by atoms with E-state index in [4.69, 9.17) is 27.9 Å². The molecule has 0 aliphatic rings. The predicted molar refractivity (Wildman–Crippen MR) is 137 cm³/mol. The van der Waals surface area contributed by atoms with Crippen molar-refractivity contribution in [2.45, 2.75) is 39.2 Å². The fraction of sp³-hybridized carbons (Fsp3) is 0.320. The lowest BCUT2D eigenvalue weighted by Crippen LogP contribution is -2.23. The molecule has 0 spiro atoms. The number of hydrogen-bond donors (Lipinski definition) is 1. The molecule has 1 amide bonds. The number of thiophene rings is 1. The van der Waals surface area contributed by atoms with Gasteiger partial charge in [0.05, 0.1) is 35.1 Å². The van der Waals surface area contributed by atoms with Gasteiger partial charge >= 0.3 is 0 Å². The number of carbonyl (C=O) groups is 1. The van der Waals surface area contributed by atoms with Crippen LogP contribution in [0.1, 0.15) is 36.6 Å². The molecule has 3 rings (SSSR count). The minimum absolute atomic E-state index is 0.113. The van der Waals surface area contributed by atoms with Crippen molar-refractivity contribution in [1.29, 1.82) is 0 Å². The van der Waals surface area contributed by atoms with Crippen LogP contribution in [0.3, 0.4) is 0 Å². The molecule has 0 saturated heterocycles. The first-order valence-corrected chi connectivity index (χ1v) is 12.3. The first kappa shape index (κ1) is 24.4. The first-order chi connectivity index (χ1) is 15.5. The molecule has 170 valence electrons. The molecule has 0 bridgehead atoms. The molecule has 1 N–H and O–H groups in total. The Labute approximate surface area is 204 Å². The fourth-order valence-corrected chi connectivity index (χ4v) is 4.73. The van der Waals surface area contributed by atoms with Crippen molar-refractivity contribution in [3.63, 3.8) is 0 Å². The molecule has 0 radical (unpaired) electrons. The van der Waals surface area contributed by atoms with Crippen LogP contribution in [0, 0.1) is 0 Å². The highest BCUT2D eigenvalue weighted by Gasteiger charge is 2.13. The Morgan fingerprint density at radius 1 is 1.06 bits per heavy atom. The Hall–Kier alpha value is -2.21. The SMILES string of the molecule is CCCCCN(Cc1ccc(Cl)s1)c1ccc(NC(=O)Cc2ccc(OC)cc2)c(Cl)c1. The van der Waals surface area contributed by atoms with E-state index in [-0.39, 0.29) is 12.3 Å². The maximum atomic E-state index is 12.5. The van der Waals surface area contributed by atoms with E-state index in [0.29, 0.717) is 10.7 Å². The summed E-state index contributed by atoms with van der Waals surface area (Å²) in [5.74, 6) is 0.652. The van der Waals surface area contributed by atoms with E-state index < -0.39 is 0 Å². The van der Waals surface area contributed by atoms with Gasteiger partial charge in [-0.15, -0.1) is 11.3 Å². The zero-order valence-corrected chi connectivity index (χ0v) is 20.7. The van der Waals surface area contributed by atoms with Crippen LogP contribution in [-0.2, 0) is 17.8 Å². The highest BCUT2D eigenvalue weighted by atomic mass is 35.5. The quantitative estimate of drug-likeness (QED) is 0.284. The molecule has 0 aliphatic carbocycles. The topological polar surface area (TPSA) is 41.6 Å². The number of nitrogens with zero attached hydrogens (tertiary/aromatic N) is 1. The lowest BCUT2D eigenvalue weighted by atomic mass is 10.1. The van der Waals surface area contributed by atoms with E-state index >= 15 is 0 Å². The number of ether oxygens (including phenoxy) is 1. The van der Waals surface area contributed by atoms with Crippen molar-refractivity contribution in [3.8, 4) is 5.75 Å². The van der Waals surface area contributed by atoms with Crippen molar-refractivity contribution in [1.82, 2.24) is 0 Å². The number of halogens is 2. The Balaban J connectivity index is 1.68. The van der Waals surface area contributed by atoms with Crippen LogP contribution in [-0.4, -0.2) is 19.6 Å². The summed E-state index contributed by atoms with van der Waals surface area (Å²) in [6.07, 6.45) is 3.71. The summed E-state index contributed by atoms with van der Waals surface area (Å²) >= 11 is 14.3. The molecule has 1 heterocycles. The summed E-state index contributed by atoms with van der Waals surface area (Å²) in [5, 5.41) is 3.45. The maximum absolute atomic E-state index is 12.5. The molecule has 0 saturated carbocycles. The second kappa shape index (κ2) is 12.1. The highest BCUT2D eigenvalue weighted by molar-refractivity contribution is 7.16. The summed E-state index contributed by atoms with van der Waals surface area (Å²) in [6, 6.07) is 17.3. The minimum Gasteiger partial charge on any atom is -0.497 e. The van der Waals surface area contributed by atoms with E-state index in [1.54, 1.807) is 18.4 Å². The van der Waals surface area contributed by atoms with Crippen molar-refractivity contribution in [2.75, 3.05) is 23.9 Å². The van der Waals surface area contributed by atoms with Gasteiger partial charge in [0, 0.05) is 17.1 Å². The fourth-order valence-electron chi connectivity index (χ4n) is 3.40. The van der Waals surface area contributed by atoms with E-state index in [1.807, 2.05) is 48.5 Å². The summed E-state index contributed by atoms with van der Waals surface area (Å²) in [6.45, 7) is 3.91. The first-order valence-electron chi connectivity index (χ1n) is 10.7. The average Bonchev–Trinajstić information content (AvgIpc) is 3.19. The van der Waals surface area contributed by atoms with Gasteiger partial charge in [0.2, 0.25) is 5.91 Å². The van der Waals surface area contributed by atoms with E-state index in [2.05, 4.69) is 23.2 Å². The Kier molecular flexibility index (Phi) is 9.27. The van der Waals surface area contributed by atoms with Gasteiger partial charge in [-0.05, 0) is 54.4 Å². The Morgan fingerprint density at radius 2 is 1.84 bits per heavy atom. The van der Waals surface area contributed by atoms with Gasteiger partial charge in [-0.3, -0.25) is 4.79 Å². The van der Waals surface area contributed by atoms with Gasteiger partial charge in [-0.25, -0.2) is 0 Å². The largest absolute Gasteiger partial charge is 0.497 e. The Bertz CT molecular complexity index is 1020. The van der Waals surface area contributed by atoms with Crippen molar-refractivity contribution < 1.29 is 9.53 Å². The molecule has 0 unspecified atom stereocenters. The number of amides is 1. The zero-order valence-electron chi connectivity index (χ0n) is 18.4.